The smallest absolute Gasteiger partial charge is 0.330 e. The first-order valence-corrected chi connectivity index (χ1v) is 12.3. The molecule has 0 bridgehead atoms. The maximum absolute atomic E-state index is 12.5. The van der Waals surface area contributed by atoms with E-state index in [2.05, 4.69) is 6.92 Å². The van der Waals surface area contributed by atoms with Crippen LogP contribution in [0.15, 0.2) is 48.5 Å². The molecule has 7 heteroatoms. The number of benzene rings is 2. The van der Waals surface area contributed by atoms with Crippen molar-refractivity contribution in [1.82, 2.24) is 0 Å². The van der Waals surface area contributed by atoms with Gasteiger partial charge in [-0.3, -0.25) is 4.79 Å². The van der Waals surface area contributed by atoms with Crippen molar-refractivity contribution in [1.29, 1.82) is 0 Å². The lowest BCUT2D eigenvalue weighted by atomic mass is 9.87. The Morgan fingerprint density at radius 3 is 2.31 bits per heavy atom. The van der Waals surface area contributed by atoms with Crippen molar-refractivity contribution in [2.45, 2.75) is 58.0 Å². The number of hydrogen-bond acceptors (Lipinski definition) is 7. The first-order valence-electron chi connectivity index (χ1n) is 12.3. The lowest BCUT2D eigenvalue weighted by molar-refractivity contribution is -0.141. The molecule has 1 saturated carbocycles. The van der Waals surface area contributed by atoms with E-state index in [1.807, 2.05) is 19.1 Å². The summed E-state index contributed by atoms with van der Waals surface area (Å²) >= 11 is 0. The second-order valence-electron chi connectivity index (χ2n) is 9.13. The average molecular weight is 481 g/mol. The topological polar surface area (TPSA) is 114 Å². The molecule has 0 radical (unpaired) electrons. The molecule has 0 heterocycles. The van der Waals surface area contributed by atoms with Crippen LogP contribution in [0.4, 0.5) is 11.4 Å². The number of carbonyl (C=O) groups excluding carboxylic acids is 2. The zero-order valence-corrected chi connectivity index (χ0v) is 20.6. The van der Waals surface area contributed by atoms with Crippen LogP contribution in [0.25, 0.3) is 6.08 Å². The Bertz CT molecular complexity index is 990. The summed E-state index contributed by atoms with van der Waals surface area (Å²) in [4.78, 5) is 24.6. The van der Waals surface area contributed by atoms with Gasteiger partial charge in [-0.05, 0) is 79.6 Å². The van der Waals surface area contributed by atoms with Crippen molar-refractivity contribution < 1.29 is 23.8 Å². The van der Waals surface area contributed by atoms with Gasteiger partial charge in [-0.2, -0.15) is 0 Å². The number of nitrogen functional groups attached to an aromatic ring is 2. The highest BCUT2D eigenvalue weighted by Crippen LogP contribution is 2.28. The molecule has 0 spiro atoms. The number of carbonyl (C=O) groups is 2. The molecule has 2 aromatic carbocycles. The van der Waals surface area contributed by atoms with Crippen molar-refractivity contribution in [3.63, 3.8) is 0 Å². The normalized spacial score (nSPS) is 18.8. The largest absolute Gasteiger partial charge is 0.462 e. The van der Waals surface area contributed by atoms with E-state index in [0.717, 1.165) is 49.8 Å². The molecule has 0 saturated heterocycles. The number of ether oxygens (including phenoxy) is 3. The van der Waals surface area contributed by atoms with Crippen LogP contribution >= 0.6 is 0 Å². The van der Waals surface area contributed by atoms with E-state index in [0.29, 0.717) is 17.1 Å². The summed E-state index contributed by atoms with van der Waals surface area (Å²) in [6.07, 6.45) is 7.68. The van der Waals surface area contributed by atoms with E-state index in [9.17, 15) is 9.59 Å². The Labute approximate surface area is 207 Å². The average Bonchev–Trinajstić information content (AvgIpc) is 2.85. The van der Waals surface area contributed by atoms with E-state index in [1.165, 1.54) is 6.08 Å². The standard InChI is InChI=1S/C28H36N2O5/c1-3-14-33-25-11-7-21(8-12-25)28(32)35-26-9-4-20(5-10-26)6-13-27(31)34-18-19(2)22-15-23(29)17-24(30)16-22/h4-6,9-10,13,15-17,19,21,25H,3,7-8,11-12,14,18,29-30H2,1-2H3. The first kappa shape index (κ1) is 26.3. The number of hydrogen-bond donors (Lipinski definition) is 2. The third-order valence-electron chi connectivity index (χ3n) is 6.12. The summed E-state index contributed by atoms with van der Waals surface area (Å²) in [5.74, 6) is -0.262. The minimum absolute atomic E-state index is 0.0361. The van der Waals surface area contributed by atoms with Crippen LogP contribution in [0.1, 0.15) is 63.0 Å². The Kier molecular flexibility index (Phi) is 9.73. The van der Waals surface area contributed by atoms with Gasteiger partial charge in [0, 0.05) is 30.0 Å². The molecule has 0 amide bonds. The molecule has 35 heavy (non-hydrogen) atoms. The number of rotatable bonds is 10. The van der Waals surface area contributed by atoms with Crippen LogP contribution < -0.4 is 16.2 Å². The lowest BCUT2D eigenvalue weighted by Gasteiger charge is -2.27. The molecule has 188 valence electrons. The van der Waals surface area contributed by atoms with Crippen LogP contribution in [0.2, 0.25) is 0 Å². The van der Waals surface area contributed by atoms with Gasteiger partial charge < -0.3 is 25.7 Å². The minimum Gasteiger partial charge on any atom is -0.462 e. The van der Waals surface area contributed by atoms with Gasteiger partial charge in [0.15, 0.2) is 0 Å². The zero-order valence-electron chi connectivity index (χ0n) is 20.6. The summed E-state index contributed by atoms with van der Waals surface area (Å²) in [6.45, 7) is 5.03. The highest BCUT2D eigenvalue weighted by atomic mass is 16.5. The van der Waals surface area contributed by atoms with Gasteiger partial charge in [-0.15, -0.1) is 0 Å². The van der Waals surface area contributed by atoms with Gasteiger partial charge in [0.2, 0.25) is 0 Å². The third kappa shape index (κ3) is 8.44. The van der Waals surface area contributed by atoms with Gasteiger partial charge in [0.05, 0.1) is 18.6 Å². The maximum atomic E-state index is 12.5. The Morgan fingerprint density at radius 2 is 1.69 bits per heavy atom. The predicted octanol–water partition coefficient (Wildman–Crippen LogP) is 5.10. The monoisotopic (exact) mass is 480 g/mol. The molecule has 1 aliphatic rings. The van der Waals surface area contributed by atoms with Crippen molar-refractivity contribution in [2.75, 3.05) is 24.7 Å². The van der Waals surface area contributed by atoms with E-state index in [1.54, 1.807) is 36.4 Å². The summed E-state index contributed by atoms with van der Waals surface area (Å²) in [7, 11) is 0. The van der Waals surface area contributed by atoms with Gasteiger partial charge in [-0.1, -0.05) is 26.0 Å². The van der Waals surface area contributed by atoms with Crippen molar-refractivity contribution in [2.24, 2.45) is 5.92 Å². The Balaban J connectivity index is 1.42. The first-order chi connectivity index (χ1) is 16.8. The molecule has 1 aliphatic carbocycles. The SMILES string of the molecule is CCCOC1CCC(C(=O)Oc2ccc(C=CC(=O)OCC(C)c3cc(N)cc(N)c3)cc2)CC1. The highest BCUT2D eigenvalue weighted by molar-refractivity contribution is 5.87. The number of nitrogens with two attached hydrogens (primary N) is 2. The highest BCUT2D eigenvalue weighted by Gasteiger charge is 2.28. The van der Waals surface area contributed by atoms with Crippen molar-refractivity contribution >= 4 is 29.4 Å². The molecule has 0 aromatic heterocycles. The zero-order chi connectivity index (χ0) is 25.2. The number of anilines is 2. The van der Waals surface area contributed by atoms with Crippen LogP contribution in [-0.4, -0.2) is 31.3 Å². The quantitative estimate of drug-likeness (QED) is 0.210. The molecule has 1 unspecified atom stereocenters. The van der Waals surface area contributed by atoms with Gasteiger partial charge >= 0.3 is 11.9 Å². The fourth-order valence-electron chi connectivity index (χ4n) is 4.10. The molecule has 2 aromatic rings. The lowest BCUT2D eigenvalue weighted by Crippen LogP contribution is -2.29. The summed E-state index contributed by atoms with van der Waals surface area (Å²) in [6, 6.07) is 12.4. The number of esters is 2. The third-order valence-corrected chi connectivity index (χ3v) is 6.12. The fraction of sp³-hybridized carbons (Fsp3) is 0.429. The Morgan fingerprint density at radius 1 is 1.03 bits per heavy atom. The maximum Gasteiger partial charge on any atom is 0.330 e. The molecular formula is C28H36N2O5. The summed E-state index contributed by atoms with van der Waals surface area (Å²) in [5, 5.41) is 0. The predicted molar refractivity (Wildman–Crippen MR) is 138 cm³/mol. The van der Waals surface area contributed by atoms with Crippen LogP contribution in [0, 0.1) is 5.92 Å². The van der Waals surface area contributed by atoms with Crippen molar-refractivity contribution in [3.8, 4) is 5.75 Å². The molecule has 1 fully saturated rings. The molecule has 4 N–H and O–H groups in total. The van der Waals surface area contributed by atoms with E-state index < -0.39 is 5.97 Å². The molecular weight excluding hydrogens is 444 g/mol. The van der Waals surface area contributed by atoms with E-state index in [-0.39, 0.29) is 30.5 Å². The van der Waals surface area contributed by atoms with Gasteiger partial charge in [-0.25, -0.2) is 4.79 Å². The van der Waals surface area contributed by atoms with Gasteiger partial charge in [0.1, 0.15) is 5.75 Å². The summed E-state index contributed by atoms with van der Waals surface area (Å²) < 4.78 is 16.7. The second kappa shape index (κ2) is 13.0. The Hall–Kier alpha value is -3.32. The molecule has 7 nitrogen and oxygen atoms in total. The summed E-state index contributed by atoms with van der Waals surface area (Å²) in [5.41, 5.74) is 14.5. The van der Waals surface area contributed by atoms with E-state index in [4.69, 9.17) is 25.7 Å². The molecule has 0 aliphatic heterocycles. The van der Waals surface area contributed by atoms with E-state index >= 15 is 0 Å². The molecule has 3 rings (SSSR count). The fourth-order valence-corrected chi connectivity index (χ4v) is 4.10. The van der Waals surface area contributed by atoms with Crippen molar-refractivity contribution in [3.05, 3.63) is 59.7 Å². The van der Waals surface area contributed by atoms with Crippen LogP contribution in [-0.2, 0) is 19.1 Å². The van der Waals surface area contributed by atoms with Crippen LogP contribution in [0.3, 0.4) is 0 Å². The van der Waals surface area contributed by atoms with Gasteiger partial charge in [0.25, 0.3) is 0 Å². The minimum atomic E-state index is -0.442. The van der Waals surface area contributed by atoms with Crippen LogP contribution in [0.5, 0.6) is 5.75 Å². The second-order valence-corrected chi connectivity index (χ2v) is 9.13. The molecule has 1 atom stereocenters.